The summed E-state index contributed by atoms with van der Waals surface area (Å²) >= 11 is 12.9. The number of rotatable bonds is 7. The molecule has 0 bridgehead atoms. The minimum absolute atomic E-state index is 0.156. The first-order valence-electron chi connectivity index (χ1n) is 11.5. The maximum atomic E-state index is 12.4. The van der Waals surface area contributed by atoms with E-state index >= 15 is 0 Å². The van der Waals surface area contributed by atoms with E-state index in [-0.39, 0.29) is 12.0 Å². The van der Waals surface area contributed by atoms with Crippen LogP contribution in [0.1, 0.15) is 42.9 Å². The van der Waals surface area contributed by atoms with Gasteiger partial charge in [-0.15, -0.1) is 11.6 Å². The van der Waals surface area contributed by atoms with E-state index in [1.54, 1.807) is 0 Å². The lowest BCUT2D eigenvalue weighted by Crippen LogP contribution is -2.37. The molecule has 2 heterocycles. The lowest BCUT2D eigenvalue weighted by atomic mass is 9.98. The minimum atomic E-state index is -0.502. The molecule has 3 aliphatic rings. The van der Waals surface area contributed by atoms with Crippen molar-refractivity contribution in [2.24, 2.45) is 11.1 Å². The van der Waals surface area contributed by atoms with Crippen LogP contribution in [0.15, 0.2) is 47.6 Å². The van der Waals surface area contributed by atoms with E-state index in [1.807, 2.05) is 36.4 Å². The molecule has 6 nitrogen and oxygen atoms in total. The Morgan fingerprint density at radius 1 is 1.18 bits per heavy atom. The maximum Gasteiger partial charge on any atom is 0.242 e. The van der Waals surface area contributed by atoms with Crippen molar-refractivity contribution in [3.63, 3.8) is 0 Å². The summed E-state index contributed by atoms with van der Waals surface area (Å²) in [6.07, 6.45) is 3.43. The topological polar surface area (TPSA) is 63.2 Å². The molecule has 8 heteroatoms. The largest absolute Gasteiger partial charge is 0.387 e. The number of oxime groups is 1. The molecule has 5 rings (SSSR count). The number of nitrogens with zero attached hydrogens (tertiary/aromatic N) is 2. The van der Waals surface area contributed by atoms with Gasteiger partial charge in [-0.1, -0.05) is 47.8 Å². The summed E-state index contributed by atoms with van der Waals surface area (Å²) in [6, 6.07) is 13.6. The molecule has 0 radical (unpaired) electrons. The molecule has 1 N–H and O–H groups in total. The van der Waals surface area contributed by atoms with Gasteiger partial charge in [0.05, 0.1) is 23.9 Å². The van der Waals surface area contributed by atoms with Gasteiger partial charge >= 0.3 is 0 Å². The van der Waals surface area contributed by atoms with E-state index in [0.29, 0.717) is 36.3 Å². The van der Waals surface area contributed by atoms with E-state index < -0.39 is 5.38 Å². The summed E-state index contributed by atoms with van der Waals surface area (Å²) < 4.78 is 5.50. The van der Waals surface area contributed by atoms with Gasteiger partial charge in [-0.3, -0.25) is 4.79 Å². The highest BCUT2D eigenvalue weighted by Gasteiger charge is 2.30. The number of alkyl halides is 1. The average Bonchev–Trinajstić information content (AvgIpc) is 3.51. The Kier molecular flexibility index (Phi) is 6.76. The zero-order chi connectivity index (χ0) is 22.8. The van der Waals surface area contributed by atoms with Crippen LogP contribution in [0, 0.1) is 5.92 Å². The van der Waals surface area contributed by atoms with E-state index in [2.05, 4.69) is 21.4 Å². The maximum absolute atomic E-state index is 12.4. The Labute approximate surface area is 203 Å². The molecule has 1 saturated carbocycles. The van der Waals surface area contributed by atoms with Gasteiger partial charge in [-0.25, -0.2) is 0 Å². The molecule has 1 amide bonds. The molecular weight excluding hydrogens is 461 g/mol. The molecule has 2 atom stereocenters. The molecule has 2 aliphatic heterocycles. The third-order valence-electron chi connectivity index (χ3n) is 6.35. The van der Waals surface area contributed by atoms with E-state index in [4.69, 9.17) is 32.8 Å². The molecule has 2 aromatic carbocycles. The Hall–Kier alpha value is -2.28. The molecule has 2 fully saturated rings. The number of hydrogen-bond donors (Lipinski definition) is 1. The third-order valence-corrected chi connectivity index (χ3v) is 7.04. The van der Waals surface area contributed by atoms with Gasteiger partial charge in [0.25, 0.3) is 0 Å². The summed E-state index contributed by atoms with van der Waals surface area (Å²) in [5.74, 6) is 0.440. The Morgan fingerprint density at radius 3 is 2.76 bits per heavy atom. The van der Waals surface area contributed by atoms with Crippen molar-refractivity contribution in [2.45, 2.75) is 37.2 Å². The molecule has 33 heavy (non-hydrogen) atoms. The number of ether oxygens (including phenoxy) is 1. The smallest absolute Gasteiger partial charge is 0.242 e. The number of nitrogens with one attached hydrogen (secondary N) is 1. The number of benzene rings is 2. The van der Waals surface area contributed by atoms with Crippen LogP contribution < -0.4 is 10.2 Å². The number of carbonyl (C=O) groups excluding carboxylic acids is 1. The number of morpholine rings is 1. The summed E-state index contributed by atoms with van der Waals surface area (Å²) in [6.45, 7) is 3.02. The highest BCUT2D eigenvalue weighted by atomic mass is 35.5. The van der Waals surface area contributed by atoms with Crippen molar-refractivity contribution in [3.8, 4) is 0 Å². The molecule has 0 aromatic heterocycles. The quantitative estimate of drug-likeness (QED) is 0.531. The monoisotopic (exact) mass is 487 g/mol. The Balaban J connectivity index is 1.29. The fourth-order valence-corrected chi connectivity index (χ4v) is 4.95. The van der Waals surface area contributed by atoms with Crippen molar-refractivity contribution >= 4 is 46.2 Å². The predicted octanol–water partition coefficient (Wildman–Crippen LogP) is 5.39. The van der Waals surface area contributed by atoms with Gasteiger partial charge in [0.1, 0.15) is 5.38 Å². The number of amides is 1. The lowest BCUT2D eigenvalue weighted by Gasteiger charge is -2.30. The molecular formula is C25H27Cl2N3O3. The number of hydrogen-bond acceptors (Lipinski definition) is 5. The van der Waals surface area contributed by atoms with Gasteiger partial charge in [0, 0.05) is 36.4 Å². The molecule has 1 saturated heterocycles. The average molecular weight is 488 g/mol. The van der Waals surface area contributed by atoms with Gasteiger partial charge in [0.2, 0.25) is 5.91 Å². The van der Waals surface area contributed by atoms with Gasteiger partial charge in [0.15, 0.2) is 6.10 Å². The van der Waals surface area contributed by atoms with Crippen molar-refractivity contribution in [3.05, 3.63) is 58.6 Å². The first kappa shape index (κ1) is 22.5. The van der Waals surface area contributed by atoms with Crippen LogP contribution in [0.5, 0.6) is 0 Å². The Morgan fingerprint density at radius 2 is 1.97 bits per heavy atom. The van der Waals surface area contributed by atoms with Crippen LogP contribution in [0.3, 0.4) is 0 Å². The second kappa shape index (κ2) is 9.92. The van der Waals surface area contributed by atoms with E-state index in [1.165, 1.54) is 12.8 Å². The number of carbonyl (C=O) groups is 1. The third kappa shape index (κ3) is 5.29. The first-order chi connectivity index (χ1) is 16.1. The van der Waals surface area contributed by atoms with Crippen molar-refractivity contribution < 1.29 is 14.4 Å². The first-order valence-corrected chi connectivity index (χ1v) is 12.3. The summed E-state index contributed by atoms with van der Waals surface area (Å²) in [5.41, 5.74) is 4.45. The van der Waals surface area contributed by atoms with Crippen LogP contribution in [0.2, 0.25) is 5.02 Å². The Bertz CT molecular complexity index is 1050. The highest BCUT2D eigenvalue weighted by molar-refractivity contribution is 6.35. The van der Waals surface area contributed by atoms with Crippen molar-refractivity contribution in [1.29, 1.82) is 0 Å². The molecule has 174 valence electrons. The molecule has 1 aliphatic carbocycles. The molecule has 2 unspecified atom stereocenters. The number of anilines is 2. The second-order valence-corrected chi connectivity index (χ2v) is 9.76. The standard InChI is InChI=1S/C25H27Cl2N3O3/c26-19-5-2-6-22(30-9-11-32-12-10-30)24(19)21-15-23(33-29-21)17-3-1-4-18(14-17)28-25(31)20(27)13-16-7-8-16/h1-6,14,16,20,23H,7-13,15H2,(H,28,31). The predicted molar refractivity (Wildman–Crippen MR) is 132 cm³/mol. The summed E-state index contributed by atoms with van der Waals surface area (Å²) in [5, 5.41) is 7.50. The summed E-state index contributed by atoms with van der Waals surface area (Å²) in [4.78, 5) is 20.5. The highest BCUT2D eigenvalue weighted by Crippen LogP contribution is 2.37. The van der Waals surface area contributed by atoms with Crippen LogP contribution in [-0.4, -0.2) is 43.3 Å². The van der Waals surface area contributed by atoms with Crippen molar-refractivity contribution in [2.75, 3.05) is 36.5 Å². The van der Waals surface area contributed by atoms with Crippen LogP contribution in [0.25, 0.3) is 0 Å². The SMILES string of the molecule is O=C(Nc1cccc(C2CC(c3c(Cl)cccc3N3CCOCC3)=NO2)c1)C(Cl)CC1CC1. The summed E-state index contributed by atoms with van der Waals surface area (Å²) in [7, 11) is 0. The van der Waals surface area contributed by atoms with Crippen molar-refractivity contribution in [1.82, 2.24) is 0 Å². The second-order valence-electron chi connectivity index (χ2n) is 8.83. The molecule has 0 spiro atoms. The van der Waals surface area contributed by atoms with Crippen LogP contribution in [-0.2, 0) is 14.4 Å². The van der Waals surface area contributed by atoms with Gasteiger partial charge in [-0.05, 0) is 42.2 Å². The minimum Gasteiger partial charge on any atom is -0.387 e. The van der Waals surface area contributed by atoms with Crippen LogP contribution >= 0.6 is 23.2 Å². The lowest BCUT2D eigenvalue weighted by molar-refractivity contribution is -0.116. The fraction of sp³-hybridized carbons (Fsp3) is 0.440. The molecule has 2 aromatic rings. The zero-order valence-electron chi connectivity index (χ0n) is 18.3. The fourth-order valence-electron chi connectivity index (χ4n) is 4.36. The number of halogens is 2. The van der Waals surface area contributed by atoms with Gasteiger partial charge < -0.3 is 19.8 Å². The van der Waals surface area contributed by atoms with Gasteiger partial charge in [-0.2, -0.15) is 0 Å². The van der Waals surface area contributed by atoms with E-state index in [9.17, 15) is 4.79 Å². The normalized spacial score (nSPS) is 21.3. The zero-order valence-corrected chi connectivity index (χ0v) is 19.8. The van der Waals surface area contributed by atoms with Crippen LogP contribution in [0.4, 0.5) is 11.4 Å². The van der Waals surface area contributed by atoms with E-state index in [0.717, 1.165) is 42.0 Å².